The number of piperazine rings is 1. The number of nitrogens with one attached hydrogen (secondary N) is 1. The molecule has 3 rings (SSSR count). The summed E-state index contributed by atoms with van der Waals surface area (Å²) in [5, 5.41) is 3.57. The number of carbonyl (C=O) groups is 2. The van der Waals surface area contributed by atoms with E-state index < -0.39 is 0 Å². The van der Waals surface area contributed by atoms with E-state index in [0.717, 1.165) is 31.4 Å². The van der Waals surface area contributed by atoms with Gasteiger partial charge in [-0.1, -0.05) is 36.9 Å². The minimum atomic E-state index is -0.148. The highest BCUT2D eigenvalue weighted by atomic mass is 35.5. The lowest BCUT2D eigenvalue weighted by atomic mass is 9.88. The highest BCUT2D eigenvalue weighted by Crippen LogP contribution is 2.32. The third-order valence-corrected chi connectivity index (χ3v) is 5.81. The Morgan fingerprint density at radius 2 is 1.67 bits per heavy atom. The molecule has 7 heteroatoms. The Hall–Kier alpha value is -1.95. The maximum atomic E-state index is 12.7. The molecule has 27 heavy (non-hydrogen) atoms. The van der Waals surface area contributed by atoms with Gasteiger partial charge in [-0.2, -0.15) is 0 Å². The monoisotopic (exact) mass is 392 g/mol. The number of hydrogen-bond donors (Lipinski definition) is 1. The lowest BCUT2D eigenvalue weighted by Crippen LogP contribution is -2.53. The molecule has 0 spiro atoms. The number of urea groups is 1. The lowest BCUT2D eigenvalue weighted by molar-refractivity contribution is -0.138. The van der Waals surface area contributed by atoms with Crippen LogP contribution in [0.4, 0.5) is 16.2 Å². The van der Waals surface area contributed by atoms with Gasteiger partial charge in [0.2, 0.25) is 5.91 Å². The third kappa shape index (κ3) is 4.67. The van der Waals surface area contributed by atoms with Gasteiger partial charge in [-0.25, -0.2) is 4.79 Å². The van der Waals surface area contributed by atoms with Gasteiger partial charge in [-0.05, 0) is 25.0 Å². The summed E-state index contributed by atoms with van der Waals surface area (Å²) in [5.74, 6) is 0.465. The molecule has 1 saturated carbocycles. The number of hydrogen-bond acceptors (Lipinski definition) is 3. The van der Waals surface area contributed by atoms with E-state index in [2.05, 4.69) is 5.32 Å². The average molecular weight is 393 g/mol. The highest BCUT2D eigenvalue weighted by Gasteiger charge is 2.29. The van der Waals surface area contributed by atoms with Crippen LogP contribution in [0.25, 0.3) is 0 Å². The Labute approximate surface area is 166 Å². The summed E-state index contributed by atoms with van der Waals surface area (Å²) in [6.45, 7) is 2.34. The van der Waals surface area contributed by atoms with Gasteiger partial charge in [0, 0.05) is 46.2 Å². The fourth-order valence-electron chi connectivity index (χ4n) is 4.00. The van der Waals surface area contributed by atoms with Crippen LogP contribution in [-0.2, 0) is 4.79 Å². The molecular formula is C20H29ClN4O2. The molecule has 1 aliphatic carbocycles. The van der Waals surface area contributed by atoms with Crippen molar-refractivity contribution >= 4 is 34.9 Å². The quantitative estimate of drug-likeness (QED) is 0.853. The van der Waals surface area contributed by atoms with Crippen LogP contribution in [-0.4, -0.2) is 62.0 Å². The van der Waals surface area contributed by atoms with E-state index in [1.165, 1.54) is 6.42 Å². The molecule has 0 aromatic heterocycles. The van der Waals surface area contributed by atoms with Crippen LogP contribution in [0.3, 0.4) is 0 Å². The molecule has 0 atom stereocenters. The molecule has 2 aliphatic rings. The van der Waals surface area contributed by atoms with Crippen molar-refractivity contribution in [3.8, 4) is 0 Å². The first-order chi connectivity index (χ1) is 13.0. The molecule has 148 valence electrons. The zero-order valence-corrected chi connectivity index (χ0v) is 17.0. The van der Waals surface area contributed by atoms with Crippen molar-refractivity contribution in [2.45, 2.75) is 32.1 Å². The lowest BCUT2D eigenvalue weighted by Gasteiger charge is -2.37. The number of rotatable bonds is 3. The van der Waals surface area contributed by atoms with Crippen LogP contribution in [0.2, 0.25) is 5.02 Å². The summed E-state index contributed by atoms with van der Waals surface area (Å²) in [6, 6.07) is 5.33. The number of halogens is 1. The number of para-hydroxylation sites is 1. The van der Waals surface area contributed by atoms with Crippen molar-refractivity contribution in [1.82, 2.24) is 9.80 Å². The van der Waals surface area contributed by atoms with Gasteiger partial charge in [0.05, 0.1) is 16.4 Å². The number of nitrogens with zero attached hydrogens (tertiary/aromatic N) is 3. The third-order valence-electron chi connectivity index (χ3n) is 5.51. The van der Waals surface area contributed by atoms with E-state index in [4.69, 9.17) is 11.6 Å². The Kier molecular flexibility index (Phi) is 6.47. The van der Waals surface area contributed by atoms with Crippen LogP contribution in [0.15, 0.2) is 18.2 Å². The molecule has 1 aromatic rings. The number of carbonyl (C=O) groups excluding carboxylic acids is 2. The predicted octanol–water partition coefficient (Wildman–Crippen LogP) is 3.66. The summed E-state index contributed by atoms with van der Waals surface area (Å²) in [6.07, 6.45) is 5.60. The summed E-state index contributed by atoms with van der Waals surface area (Å²) < 4.78 is 0. The van der Waals surface area contributed by atoms with Gasteiger partial charge in [-0.15, -0.1) is 0 Å². The molecule has 1 N–H and O–H groups in total. The molecule has 0 radical (unpaired) electrons. The Morgan fingerprint density at radius 1 is 1.04 bits per heavy atom. The molecule has 0 unspecified atom stereocenters. The van der Waals surface area contributed by atoms with Crippen molar-refractivity contribution in [1.29, 1.82) is 0 Å². The molecule has 1 aliphatic heterocycles. The second-order valence-corrected chi connectivity index (χ2v) is 8.02. The summed E-state index contributed by atoms with van der Waals surface area (Å²) in [7, 11) is 3.79. The Balaban J connectivity index is 1.56. The van der Waals surface area contributed by atoms with Crippen LogP contribution in [0.1, 0.15) is 32.1 Å². The number of benzene rings is 1. The van der Waals surface area contributed by atoms with Gasteiger partial charge in [0.15, 0.2) is 0 Å². The molecule has 6 nitrogen and oxygen atoms in total. The van der Waals surface area contributed by atoms with E-state index in [0.29, 0.717) is 36.9 Å². The Morgan fingerprint density at radius 3 is 2.30 bits per heavy atom. The smallest absolute Gasteiger partial charge is 0.322 e. The maximum Gasteiger partial charge on any atom is 0.322 e. The SMILES string of the molecule is CN(C)c1c(Cl)cccc1NC(=O)N1CCN(C(=O)C2CCCCC2)CC1. The summed E-state index contributed by atoms with van der Waals surface area (Å²) in [5.41, 5.74) is 1.48. The van der Waals surface area contributed by atoms with E-state index in [-0.39, 0.29) is 17.9 Å². The molecule has 3 amide bonds. The van der Waals surface area contributed by atoms with E-state index in [1.807, 2.05) is 42.1 Å². The molecule has 1 heterocycles. The van der Waals surface area contributed by atoms with E-state index in [9.17, 15) is 9.59 Å². The molecular weight excluding hydrogens is 364 g/mol. The van der Waals surface area contributed by atoms with Gasteiger partial charge >= 0.3 is 6.03 Å². The minimum Gasteiger partial charge on any atom is -0.375 e. The zero-order valence-electron chi connectivity index (χ0n) is 16.2. The minimum absolute atomic E-state index is 0.148. The normalized spacial score (nSPS) is 18.3. The zero-order chi connectivity index (χ0) is 19.4. The first-order valence-electron chi connectivity index (χ1n) is 9.78. The van der Waals surface area contributed by atoms with Crippen molar-refractivity contribution < 1.29 is 9.59 Å². The molecule has 1 aromatic carbocycles. The summed E-state index contributed by atoms with van der Waals surface area (Å²) >= 11 is 6.27. The van der Waals surface area contributed by atoms with Gasteiger partial charge in [0.1, 0.15) is 0 Å². The van der Waals surface area contributed by atoms with Crippen LogP contribution in [0, 0.1) is 5.92 Å². The standard InChI is InChI=1S/C20H29ClN4O2/c1-23(2)18-16(21)9-6-10-17(18)22-20(27)25-13-11-24(12-14-25)19(26)15-7-4-3-5-8-15/h6,9-10,15H,3-5,7-8,11-14H2,1-2H3,(H,22,27). The van der Waals surface area contributed by atoms with E-state index in [1.54, 1.807) is 4.90 Å². The van der Waals surface area contributed by atoms with Crippen molar-refractivity contribution in [2.24, 2.45) is 5.92 Å². The van der Waals surface area contributed by atoms with Crippen molar-refractivity contribution in [3.05, 3.63) is 23.2 Å². The topological polar surface area (TPSA) is 55.9 Å². The fraction of sp³-hybridized carbons (Fsp3) is 0.600. The van der Waals surface area contributed by atoms with Crippen LogP contribution < -0.4 is 10.2 Å². The van der Waals surface area contributed by atoms with Gasteiger partial charge in [0.25, 0.3) is 0 Å². The fourth-order valence-corrected chi connectivity index (χ4v) is 4.35. The largest absolute Gasteiger partial charge is 0.375 e. The maximum absolute atomic E-state index is 12.7. The molecule has 1 saturated heterocycles. The van der Waals surface area contributed by atoms with E-state index >= 15 is 0 Å². The van der Waals surface area contributed by atoms with Gasteiger partial charge in [-0.3, -0.25) is 4.79 Å². The van der Waals surface area contributed by atoms with Gasteiger partial charge < -0.3 is 20.0 Å². The second kappa shape index (κ2) is 8.83. The highest BCUT2D eigenvalue weighted by molar-refractivity contribution is 6.34. The molecule has 2 fully saturated rings. The summed E-state index contributed by atoms with van der Waals surface area (Å²) in [4.78, 5) is 30.9. The van der Waals surface area contributed by atoms with Crippen LogP contribution >= 0.6 is 11.6 Å². The first-order valence-corrected chi connectivity index (χ1v) is 10.2. The predicted molar refractivity (Wildman–Crippen MR) is 110 cm³/mol. The van der Waals surface area contributed by atoms with Crippen molar-refractivity contribution in [3.63, 3.8) is 0 Å². The second-order valence-electron chi connectivity index (χ2n) is 7.61. The van der Waals surface area contributed by atoms with Crippen LogP contribution in [0.5, 0.6) is 0 Å². The number of anilines is 2. The average Bonchev–Trinajstić information content (AvgIpc) is 2.68. The first kappa shape index (κ1) is 19.8. The molecule has 0 bridgehead atoms. The Bertz CT molecular complexity index is 681. The van der Waals surface area contributed by atoms with Crippen molar-refractivity contribution in [2.75, 3.05) is 50.5 Å². The number of amides is 3.